The highest BCUT2D eigenvalue weighted by atomic mass is 16.5. The molecular formula is C15H17N3O. The Kier molecular flexibility index (Phi) is 3.86. The van der Waals surface area contributed by atoms with Gasteiger partial charge >= 0.3 is 0 Å². The molecule has 4 heteroatoms. The van der Waals surface area contributed by atoms with Gasteiger partial charge in [0.25, 0.3) is 0 Å². The number of benzene rings is 1. The molecule has 2 aromatic rings. The summed E-state index contributed by atoms with van der Waals surface area (Å²) in [5.41, 5.74) is 2.51. The molecular weight excluding hydrogens is 238 g/mol. The number of rotatable bonds is 4. The lowest BCUT2D eigenvalue weighted by molar-refractivity contribution is 0.296. The zero-order chi connectivity index (χ0) is 13.8. The van der Waals surface area contributed by atoms with Gasteiger partial charge in [-0.05, 0) is 44.5 Å². The van der Waals surface area contributed by atoms with E-state index in [1.807, 2.05) is 29.9 Å². The summed E-state index contributed by atoms with van der Waals surface area (Å²) in [5, 5.41) is 13.3. The fourth-order valence-electron chi connectivity index (χ4n) is 1.72. The van der Waals surface area contributed by atoms with Crippen LogP contribution in [0.15, 0.2) is 30.5 Å². The van der Waals surface area contributed by atoms with E-state index in [-0.39, 0.29) is 0 Å². The van der Waals surface area contributed by atoms with Crippen molar-refractivity contribution in [3.8, 4) is 11.8 Å². The van der Waals surface area contributed by atoms with Gasteiger partial charge in [0.2, 0.25) is 0 Å². The van der Waals surface area contributed by atoms with Crippen LogP contribution in [0.25, 0.3) is 0 Å². The quantitative estimate of drug-likeness (QED) is 0.842. The molecule has 0 N–H and O–H groups in total. The van der Waals surface area contributed by atoms with Crippen LogP contribution in [0.4, 0.5) is 0 Å². The van der Waals surface area contributed by atoms with E-state index in [0.717, 1.165) is 17.0 Å². The van der Waals surface area contributed by atoms with Gasteiger partial charge in [0.15, 0.2) is 0 Å². The number of ether oxygens (including phenoxy) is 1. The Labute approximate surface area is 113 Å². The minimum Gasteiger partial charge on any atom is -0.487 e. The van der Waals surface area contributed by atoms with Crippen molar-refractivity contribution in [2.45, 2.75) is 33.4 Å². The molecule has 1 aromatic carbocycles. The fourth-order valence-corrected chi connectivity index (χ4v) is 1.72. The Hall–Kier alpha value is -2.28. The maximum atomic E-state index is 8.88. The first-order valence-corrected chi connectivity index (χ1v) is 6.27. The molecule has 4 nitrogen and oxygen atoms in total. The number of aryl methyl sites for hydroxylation is 1. The summed E-state index contributed by atoms with van der Waals surface area (Å²) >= 11 is 0. The van der Waals surface area contributed by atoms with Crippen LogP contribution < -0.4 is 4.74 Å². The molecule has 0 fully saturated rings. The lowest BCUT2D eigenvalue weighted by Gasteiger charge is -2.08. The average molecular weight is 255 g/mol. The summed E-state index contributed by atoms with van der Waals surface area (Å²) in [4.78, 5) is 0. The fraction of sp³-hybridized carbons (Fsp3) is 0.333. The lowest BCUT2D eigenvalue weighted by atomic mass is 10.1. The van der Waals surface area contributed by atoms with Gasteiger partial charge in [0.1, 0.15) is 12.4 Å². The predicted molar refractivity (Wildman–Crippen MR) is 72.8 cm³/mol. The summed E-state index contributed by atoms with van der Waals surface area (Å²) in [6.45, 7) is 6.54. The highest BCUT2D eigenvalue weighted by Gasteiger charge is 2.05. The van der Waals surface area contributed by atoms with E-state index >= 15 is 0 Å². The zero-order valence-corrected chi connectivity index (χ0v) is 11.4. The minimum absolute atomic E-state index is 0.345. The van der Waals surface area contributed by atoms with Gasteiger partial charge in [0.05, 0.1) is 17.3 Å². The molecule has 2 rings (SSSR count). The van der Waals surface area contributed by atoms with E-state index in [2.05, 4.69) is 25.0 Å². The summed E-state index contributed by atoms with van der Waals surface area (Å²) in [7, 11) is 0. The Morgan fingerprint density at radius 3 is 2.79 bits per heavy atom. The maximum absolute atomic E-state index is 8.88. The Bertz CT molecular complexity index is 608. The van der Waals surface area contributed by atoms with Crippen LogP contribution in [0.3, 0.4) is 0 Å². The standard InChI is InChI=1S/C15H17N3O/c1-11(2)18-7-6-14(17-18)10-19-15-8-13(9-16)5-4-12(15)3/h4-8,11H,10H2,1-3H3. The molecule has 0 aliphatic rings. The first kappa shape index (κ1) is 13.2. The van der Waals surface area contributed by atoms with Crippen molar-refractivity contribution in [2.75, 3.05) is 0 Å². The van der Waals surface area contributed by atoms with Crippen molar-refractivity contribution >= 4 is 0 Å². The smallest absolute Gasteiger partial charge is 0.132 e. The number of nitriles is 1. The second-order valence-corrected chi connectivity index (χ2v) is 4.76. The third-order valence-corrected chi connectivity index (χ3v) is 2.89. The molecule has 0 bridgehead atoms. The normalized spacial score (nSPS) is 10.5. The highest BCUT2D eigenvalue weighted by molar-refractivity contribution is 5.41. The van der Waals surface area contributed by atoms with Crippen LogP contribution in [0.5, 0.6) is 5.75 Å². The number of hydrogen-bond donors (Lipinski definition) is 0. The molecule has 19 heavy (non-hydrogen) atoms. The van der Waals surface area contributed by atoms with Crippen molar-refractivity contribution in [1.29, 1.82) is 5.26 Å². The molecule has 0 atom stereocenters. The molecule has 0 amide bonds. The zero-order valence-electron chi connectivity index (χ0n) is 11.4. The molecule has 1 aromatic heterocycles. The molecule has 0 saturated carbocycles. The third kappa shape index (κ3) is 3.14. The summed E-state index contributed by atoms with van der Waals surface area (Å²) < 4.78 is 7.63. The van der Waals surface area contributed by atoms with Gasteiger partial charge in [-0.1, -0.05) is 6.07 Å². The molecule has 1 heterocycles. The molecule has 0 radical (unpaired) electrons. The SMILES string of the molecule is Cc1ccc(C#N)cc1OCc1ccn(C(C)C)n1. The molecule has 0 spiro atoms. The van der Waals surface area contributed by atoms with E-state index in [1.165, 1.54) is 0 Å². The van der Waals surface area contributed by atoms with Crippen LogP contribution in [0.2, 0.25) is 0 Å². The molecule has 0 unspecified atom stereocenters. The van der Waals surface area contributed by atoms with Crippen molar-refractivity contribution in [3.05, 3.63) is 47.3 Å². The van der Waals surface area contributed by atoms with Crippen LogP contribution in [0, 0.1) is 18.3 Å². The predicted octanol–water partition coefficient (Wildman–Crippen LogP) is 3.22. The van der Waals surface area contributed by atoms with Crippen molar-refractivity contribution in [3.63, 3.8) is 0 Å². The summed E-state index contributed by atoms with van der Waals surface area (Å²) in [6.07, 6.45) is 1.95. The molecule has 0 aliphatic carbocycles. The molecule has 0 aliphatic heterocycles. The second-order valence-electron chi connectivity index (χ2n) is 4.76. The topological polar surface area (TPSA) is 50.8 Å². The summed E-state index contributed by atoms with van der Waals surface area (Å²) in [6, 6.07) is 9.84. The van der Waals surface area contributed by atoms with E-state index in [1.54, 1.807) is 12.1 Å². The van der Waals surface area contributed by atoms with E-state index in [4.69, 9.17) is 10.00 Å². The van der Waals surface area contributed by atoms with Gasteiger partial charge in [-0.25, -0.2) is 0 Å². The Morgan fingerprint density at radius 2 is 2.16 bits per heavy atom. The number of hydrogen-bond acceptors (Lipinski definition) is 3. The summed E-state index contributed by atoms with van der Waals surface area (Å²) in [5.74, 6) is 0.734. The third-order valence-electron chi connectivity index (χ3n) is 2.89. The first-order chi connectivity index (χ1) is 9.10. The van der Waals surface area contributed by atoms with Crippen molar-refractivity contribution in [1.82, 2.24) is 9.78 Å². The van der Waals surface area contributed by atoms with Gasteiger partial charge in [-0.3, -0.25) is 4.68 Å². The van der Waals surface area contributed by atoms with Crippen LogP contribution in [-0.4, -0.2) is 9.78 Å². The van der Waals surface area contributed by atoms with E-state index in [0.29, 0.717) is 18.2 Å². The number of nitrogens with zero attached hydrogens (tertiary/aromatic N) is 3. The van der Waals surface area contributed by atoms with E-state index in [9.17, 15) is 0 Å². The monoisotopic (exact) mass is 255 g/mol. The second kappa shape index (κ2) is 5.57. The largest absolute Gasteiger partial charge is 0.487 e. The Balaban J connectivity index is 2.07. The minimum atomic E-state index is 0.345. The van der Waals surface area contributed by atoms with E-state index < -0.39 is 0 Å². The Morgan fingerprint density at radius 1 is 1.37 bits per heavy atom. The van der Waals surface area contributed by atoms with Gasteiger partial charge < -0.3 is 4.74 Å². The molecule has 0 saturated heterocycles. The number of aromatic nitrogens is 2. The highest BCUT2D eigenvalue weighted by Crippen LogP contribution is 2.20. The first-order valence-electron chi connectivity index (χ1n) is 6.27. The molecule has 98 valence electrons. The average Bonchev–Trinajstić information content (AvgIpc) is 2.87. The van der Waals surface area contributed by atoms with Crippen molar-refractivity contribution < 1.29 is 4.74 Å². The van der Waals surface area contributed by atoms with Gasteiger partial charge in [-0.15, -0.1) is 0 Å². The van der Waals surface area contributed by atoms with Crippen LogP contribution >= 0.6 is 0 Å². The van der Waals surface area contributed by atoms with Gasteiger partial charge in [-0.2, -0.15) is 10.4 Å². The van der Waals surface area contributed by atoms with Crippen LogP contribution in [-0.2, 0) is 6.61 Å². The maximum Gasteiger partial charge on any atom is 0.132 e. The van der Waals surface area contributed by atoms with Crippen molar-refractivity contribution in [2.24, 2.45) is 0 Å². The van der Waals surface area contributed by atoms with Gasteiger partial charge in [0, 0.05) is 12.2 Å². The van der Waals surface area contributed by atoms with Crippen LogP contribution in [0.1, 0.15) is 36.7 Å². The lowest BCUT2D eigenvalue weighted by Crippen LogP contribution is -2.03.